The van der Waals surface area contributed by atoms with Crippen LogP contribution in [-0.2, 0) is 11.2 Å². The normalized spacial score (nSPS) is 10.3. The third-order valence-corrected chi connectivity index (χ3v) is 3.14. The molecule has 2 rings (SSSR count). The lowest BCUT2D eigenvalue weighted by Gasteiger charge is -2.08. The second-order valence-electron chi connectivity index (χ2n) is 4.64. The fraction of sp³-hybridized carbons (Fsp3) is 0.294. The Morgan fingerprint density at radius 3 is 2.67 bits per heavy atom. The van der Waals surface area contributed by atoms with E-state index in [-0.39, 0.29) is 12.4 Å². The molecule has 0 fully saturated rings. The number of hydrogen-bond acceptors (Lipinski definition) is 4. The Hall–Kier alpha value is -2.20. The summed E-state index contributed by atoms with van der Waals surface area (Å²) in [4.78, 5) is 16.0. The zero-order valence-electron chi connectivity index (χ0n) is 12.1. The molecule has 0 radical (unpaired) electrons. The van der Waals surface area contributed by atoms with Gasteiger partial charge in [-0.2, -0.15) is 0 Å². The SMILES string of the molecule is COc1ccccc1C(=O)COCCCc1ccncc1. The van der Waals surface area contributed by atoms with Crippen molar-refractivity contribution < 1.29 is 14.3 Å². The highest BCUT2D eigenvalue weighted by molar-refractivity contribution is 5.99. The molecule has 21 heavy (non-hydrogen) atoms. The Bertz CT molecular complexity index is 569. The van der Waals surface area contributed by atoms with Gasteiger partial charge in [-0.05, 0) is 42.7 Å². The average Bonchev–Trinajstić information content (AvgIpc) is 2.55. The molecule has 0 aliphatic carbocycles. The van der Waals surface area contributed by atoms with Crippen LogP contribution in [0, 0.1) is 0 Å². The number of pyridine rings is 1. The minimum atomic E-state index is -0.0589. The lowest BCUT2D eigenvalue weighted by molar-refractivity contribution is 0.0753. The van der Waals surface area contributed by atoms with Crippen LogP contribution < -0.4 is 4.74 Å². The first-order chi connectivity index (χ1) is 10.3. The van der Waals surface area contributed by atoms with E-state index in [0.717, 1.165) is 12.8 Å². The summed E-state index contributed by atoms with van der Waals surface area (Å²) in [7, 11) is 1.56. The fourth-order valence-electron chi connectivity index (χ4n) is 2.05. The highest BCUT2D eigenvalue weighted by Gasteiger charge is 2.11. The molecule has 1 aromatic heterocycles. The van der Waals surface area contributed by atoms with E-state index in [1.54, 1.807) is 31.6 Å². The van der Waals surface area contributed by atoms with Gasteiger partial charge in [-0.25, -0.2) is 0 Å². The van der Waals surface area contributed by atoms with Crippen molar-refractivity contribution in [3.05, 3.63) is 59.9 Å². The molecule has 0 N–H and O–H groups in total. The smallest absolute Gasteiger partial charge is 0.192 e. The molecule has 0 amide bonds. The minimum absolute atomic E-state index is 0.0589. The van der Waals surface area contributed by atoms with E-state index in [2.05, 4.69) is 4.98 Å². The number of hydrogen-bond donors (Lipinski definition) is 0. The van der Waals surface area contributed by atoms with Crippen molar-refractivity contribution in [2.45, 2.75) is 12.8 Å². The molecule has 1 heterocycles. The summed E-state index contributed by atoms with van der Waals surface area (Å²) in [6.07, 6.45) is 5.36. The Labute approximate surface area is 124 Å². The number of benzene rings is 1. The van der Waals surface area contributed by atoms with E-state index in [4.69, 9.17) is 9.47 Å². The van der Waals surface area contributed by atoms with Crippen molar-refractivity contribution >= 4 is 5.78 Å². The molecule has 0 unspecified atom stereocenters. The van der Waals surface area contributed by atoms with Gasteiger partial charge in [0.15, 0.2) is 5.78 Å². The van der Waals surface area contributed by atoms with Gasteiger partial charge in [-0.15, -0.1) is 0 Å². The molecule has 4 nitrogen and oxygen atoms in total. The van der Waals surface area contributed by atoms with E-state index >= 15 is 0 Å². The Morgan fingerprint density at radius 1 is 1.14 bits per heavy atom. The zero-order valence-corrected chi connectivity index (χ0v) is 12.1. The minimum Gasteiger partial charge on any atom is -0.496 e. The highest BCUT2D eigenvalue weighted by Crippen LogP contribution is 2.17. The lowest BCUT2D eigenvalue weighted by atomic mass is 10.1. The van der Waals surface area contributed by atoms with Crippen LogP contribution in [0.25, 0.3) is 0 Å². The first-order valence-electron chi connectivity index (χ1n) is 6.94. The first-order valence-corrected chi connectivity index (χ1v) is 6.94. The van der Waals surface area contributed by atoms with Crippen molar-refractivity contribution in [1.82, 2.24) is 4.98 Å². The monoisotopic (exact) mass is 285 g/mol. The van der Waals surface area contributed by atoms with Crippen LogP contribution in [0.3, 0.4) is 0 Å². The van der Waals surface area contributed by atoms with Gasteiger partial charge in [0.1, 0.15) is 12.4 Å². The van der Waals surface area contributed by atoms with Crippen molar-refractivity contribution in [1.29, 1.82) is 0 Å². The van der Waals surface area contributed by atoms with Crippen LogP contribution >= 0.6 is 0 Å². The second kappa shape index (κ2) is 8.17. The van der Waals surface area contributed by atoms with Crippen LogP contribution in [0.1, 0.15) is 22.3 Å². The number of rotatable bonds is 8. The molecule has 4 heteroatoms. The topological polar surface area (TPSA) is 48.4 Å². The van der Waals surface area contributed by atoms with Crippen LogP contribution in [0.4, 0.5) is 0 Å². The highest BCUT2D eigenvalue weighted by atomic mass is 16.5. The summed E-state index contributed by atoms with van der Waals surface area (Å²) in [5, 5.41) is 0. The van der Waals surface area contributed by atoms with E-state index in [1.807, 2.05) is 24.3 Å². The molecule has 2 aromatic rings. The maximum Gasteiger partial charge on any atom is 0.192 e. The standard InChI is InChI=1S/C17H19NO3/c1-20-17-7-3-2-6-15(17)16(19)13-21-12-4-5-14-8-10-18-11-9-14/h2-3,6-11H,4-5,12-13H2,1H3. The molecular formula is C17H19NO3. The summed E-state index contributed by atoms with van der Waals surface area (Å²) in [6.45, 7) is 0.639. The third-order valence-electron chi connectivity index (χ3n) is 3.14. The van der Waals surface area contributed by atoms with E-state index < -0.39 is 0 Å². The number of aryl methyl sites for hydroxylation is 1. The maximum atomic E-state index is 12.0. The van der Waals surface area contributed by atoms with E-state index in [1.165, 1.54) is 5.56 Å². The quantitative estimate of drug-likeness (QED) is 0.552. The van der Waals surface area contributed by atoms with Gasteiger partial charge in [-0.1, -0.05) is 12.1 Å². The summed E-state index contributed by atoms with van der Waals surface area (Å²) < 4.78 is 10.6. The first kappa shape index (κ1) is 15.2. The number of carbonyl (C=O) groups is 1. The molecule has 0 atom stereocenters. The average molecular weight is 285 g/mol. The number of ether oxygens (including phenoxy) is 2. The predicted molar refractivity (Wildman–Crippen MR) is 80.7 cm³/mol. The number of para-hydroxylation sites is 1. The van der Waals surface area contributed by atoms with Gasteiger partial charge in [-0.3, -0.25) is 9.78 Å². The molecular weight excluding hydrogens is 266 g/mol. The van der Waals surface area contributed by atoms with Gasteiger partial charge in [0, 0.05) is 19.0 Å². The van der Waals surface area contributed by atoms with Gasteiger partial charge in [0.25, 0.3) is 0 Å². The van der Waals surface area contributed by atoms with Gasteiger partial charge >= 0.3 is 0 Å². The Morgan fingerprint density at radius 2 is 1.90 bits per heavy atom. The molecule has 0 saturated carbocycles. The number of Topliss-reactive ketones (excluding diaryl/α,β-unsaturated/α-hetero) is 1. The molecule has 0 saturated heterocycles. The maximum absolute atomic E-state index is 12.0. The lowest BCUT2D eigenvalue weighted by Crippen LogP contribution is -2.11. The third kappa shape index (κ3) is 4.68. The van der Waals surface area contributed by atoms with Gasteiger partial charge in [0.2, 0.25) is 0 Å². The summed E-state index contributed by atoms with van der Waals surface area (Å²) >= 11 is 0. The van der Waals surface area contributed by atoms with E-state index in [9.17, 15) is 4.79 Å². The molecule has 0 aliphatic heterocycles. The van der Waals surface area contributed by atoms with Gasteiger partial charge < -0.3 is 9.47 Å². The summed E-state index contributed by atoms with van der Waals surface area (Å²) in [5.41, 5.74) is 1.79. The zero-order chi connectivity index (χ0) is 14.9. The van der Waals surface area contributed by atoms with E-state index in [0.29, 0.717) is 17.9 Å². The predicted octanol–water partition coefficient (Wildman–Crippen LogP) is 2.92. The van der Waals surface area contributed by atoms with Crippen molar-refractivity contribution in [2.75, 3.05) is 20.3 Å². The molecule has 110 valence electrons. The number of nitrogens with zero attached hydrogens (tertiary/aromatic N) is 1. The Kier molecular flexibility index (Phi) is 5.91. The summed E-state index contributed by atoms with van der Waals surface area (Å²) in [6, 6.07) is 11.2. The van der Waals surface area contributed by atoms with Crippen molar-refractivity contribution in [3.63, 3.8) is 0 Å². The van der Waals surface area contributed by atoms with Crippen LogP contribution in [0.15, 0.2) is 48.8 Å². The van der Waals surface area contributed by atoms with Crippen molar-refractivity contribution in [3.8, 4) is 5.75 Å². The number of carbonyl (C=O) groups excluding carboxylic acids is 1. The molecule has 0 bridgehead atoms. The summed E-state index contributed by atoms with van der Waals surface area (Å²) in [5.74, 6) is 0.527. The van der Waals surface area contributed by atoms with Crippen LogP contribution in [-0.4, -0.2) is 31.1 Å². The fourth-order valence-corrected chi connectivity index (χ4v) is 2.05. The molecule has 0 spiro atoms. The number of aromatic nitrogens is 1. The van der Waals surface area contributed by atoms with Crippen molar-refractivity contribution in [2.24, 2.45) is 0 Å². The molecule has 1 aromatic carbocycles. The largest absolute Gasteiger partial charge is 0.496 e. The van der Waals surface area contributed by atoms with Gasteiger partial charge in [0.05, 0.1) is 12.7 Å². The van der Waals surface area contributed by atoms with Crippen LogP contribution in [0.5, 0.6) is 5.75 Å². The number of ketones is 1. The number of methoxy groups -OCH3 is 1. The molecule has 0 aliphatic rings. The van der Waals surface area contributed by atoms with Crippen LogP contribution in [0.2, 0.25) is 0 Å². The second-order valence-corrected chi connectivity index (χ2v) is 4.64. The Balaban J connectivity index is 1.72.